The molecule has 0 bridgehead atoms. The van der Waals surface area contributed by atoms with Crippen molar-refractivity contribution in [3.63, 3.8) is 0 Å². The molecule has 368 valence electrons. The van der Waals surface area contributed by atoms with Crippen LogP contribution >= 0.6 is 0 Å². The van der Waals surface area contributed by atoms with Gasteiger partial charge in [0.2, 0.25) is 0 Å². The molecule has 0 saturated heterocycles. The van der Waals surface area contributed by atoms with Gasteiger partial charge in [0.15, 0.2) is 0 Å². The Morgan fingerprint density at radius 1 is 0.300 bits per heavy atom. The van der Waals surface area contributed by atoms with Gasteiger partial charge in [0, 0.05) is 148 Å². The minimum atomic E-state index is -2.43. The Morgan fingerprint density at radius 3 is 0.717 bits per heavy atom. The van der Waals surface area contributed by atoms with Gasteiger partial charge in [-0.1, -0.05) is 0 Å². The first-order valence-electron chi connectivity index (χ1n) is 20.9. The maximum absolute atomic E-state index is 5.65. The molecule has 0 aromatic heterocycles. The summed E-state index contributed by atoms with van der Waals surface area (Å²) in [5, 5.41) is 6.60. The van der Waals surface area contributed by atoms with Crippen LogP contribution in [0.3, 0.4) is 0 Å². The van der Waals surface area contributed by atoms with Crippen molar-refractivity contribution in [3.8, 4) is 0 Å². The van der Waals surface area contributed by atoms with Crippen molar-refractivity contribution in [3.05, 3.63) is 0 Å². The molecule has 0 amide bonds. The lowest BCUT2D eigenvalue weighted by Gasteiger charge is -2.28. The molecule has 0 saturated carbocycles. The van der Waals surface area contributed by atoms with E-state index in [0.717, 1.165) is 88.5 Å². The molecular weight excluding hydrogens is 871 g/mol. The molecule has 0 atom stereocenters. The van der Waals surface area contributed by atoms with Crippen LogP contribution in [0.15, 0.2) is 0 Å². The highest BCUT2D eigenvalue weighted by molar-refractivity contribution is 6.62. The minimum Gasteiger partial charge on any atom is -0.377 e. The molecule has 20 nitrogen and oxygen atoms in total. The van der Waals surface area contributed by atoms with Crippen molar-refractivity contribution in [2.24, 2.45) is 17.2 Å². The van der Waals surface area contributed by atoms with E-state index in [1.165, 1.54) is 0 Å². The monoisotopic (exact) mass is 964 g/mol. The van der Waals surface area contributed by atoms with E-state index in [2.05, 4.69) is 10.6 Å². The van der Waals surface area contributed by atoms with Gasteiger partial charge in [-0.25, -0.2) is 0 Å². The topological polar surface area (TPSA) is 241 Å². The average Bonchev–Trinajstić information content (AvgIpc) is 3.29. The quantitative estimate of drug-likeness (QED) is 0.0441. The molecule has 0 aliphatic carbocycles. The summed E-state index contributed by atoms with van der Waals surface area (Å²) in [7, 11) is 7.61. The van der Waals surface area contributed by atoms with Gasteiger partial charge in [-0.05, 0) is 85.6 Å². The van der Waals surface area contributed by atoms with E-state index in [1.807, 2.05) is 20.8 Å². The first kappa shape index (κ1) is 66.9. The molecule has 0 fully saturated rings. The normalized spacial score (nSPS) is 12.3. The average molecular weight is 965 g/mol. The number of hydrogen-bond acceptors (Lipinski definition) is 20. The summed E-state index contributed by atoms with van der Waals surface area (Å²) in [5.74, 6) is 0. The molecule has 0 spiro atoms. The van der Waals surface area contributed by atoms with Crippen LogP contribution in [0, 0.1) is 0 Å². The number of nitrogens with one attached hydrogen (secondary N) is 2. The smallest absolute Gasteiger partial charge is 0.377 e. The summed E-state index contributed by atoms with van der Waals surface area (Å²) in [6.07, 6.45) is 4.64. The first-order chi connectivity index (χ1) is 28.8. The Bertz CT molecular complexity index is 806. The zero-order chi connectivity index (χ0) is 46.7. The third-order valence-corrected chi connectivity index (χ3v) is 23.5. The maximum Gasteiger partial charge on any atom is 0.500 e. The maximum atomic E-state index is 5.65. The van der Waals surface area contributed by atoms with Crippen molar-refractivity contribution < 1.29 is 66.4 Å². The Balaban J connectivity index is -0.000000359. The predicted molar refractivity (Wildman–Crippen MR) is 248 cm³/mol. The van der Waals surface area contributed by atoms with Crippen molar-refractivity contribution in [1.82, 2.24) is 10.6 Å². The number of nitrogens with two attached hydrogens (primary N) is 3. The second-order valence-electron chi connectivity index (χ2n) is 12.5. The minimum absolute atomic E-state index is 0.636. The Hall–Kier alpha value is 0.284. The van der Waals surface area contributed by atoms with Gasteiger partial charge < -0.3 is 94.2 Å². The lowest BCUT2D eigenvalue weighted by Crippen LogP contribution is -2.46. The molecule has 25 heteroatoms. The van der Waals surface area contributed by atoms with Crippen LogP contribution < -0.4 is 27.8 Å². The van der Waals surface area contributed by atoms with Gasteiger partial charge in [-0.3, -0.25) is 0 Å². The Kier molecular flexibility index (Phi) is 49.6. The Morgan fingerprint density at radius 2 is 0.517 bits per heavy atom. The Labute approximate surface area is 371 Å². The van der Waals surface area contributed by atoms with Crippen LogP contribution in [0.2, 0.25) is 30.2 Å². The van der Waals surface area contributed by atoms with Gasteiger partial charge >= 0.3 is 44.0 Å². The summed E-state index contributed by atoms with van der Waals surface area (Å²) >= 11 is 0. The van der Waals surface area contributed by atoms with Crippen molar-refractivity contribution in [1.29, 1.82) is 0 Å². The summed E-state index contributed by atoms with van der Waals surface area (Å²) in [6.45, 7) is 13.3. The molecule has 0 unspecified atom stereocenters. The van der Waals surface area contributed by atoms with Crippen LogP contribution in [0.5, 0.6) is 0 Å². The molecule has 0 aliphatic heterocycles. The molecule has 0 radical (unpaired) electrons. The van der Waals surface area contributed by atoms with Crippen LogP contribution in [0.25, 0.3) is 0 Å². The van der Waals surface area contributed by atoms with E-state index in [9.17, 15) is 0 Å². The standard InChI is InChI=1S/C12H31NO6Si2.C9H23NO3Si.C8H22N2O3Si.C6H17NO3Si/c1-14-20(15-2,16-3)11-7-9-13-10-8-12-21(17-4,18-5)19-6;1-4-11-14(12-5-2,13-6-3)9-7-8-10;1-11-14(12-2,13-3)8-4-6-10-7-5-9;1-8-11(9-2,10-3)6-4-5-7/h13H,7-12H2,1-6H3;4-10H2,1-3H3;10H,4-9H2,1-3H3;4-7H2,1-3H3. The number of hydrogen-bond donors (Lipinski definition) is 5. The molecule has 0 aromatic rings. The zero-order valence-corrected chi connectivity index (χ0v) is 45.5. The summed E-state index contributed by atoms with van der Waals surface area (Å²) in [6, 6.07) is 4.03. The highest BCUT2D eigenvalue weighted by Crippen LogP contribution is 2.19. The molecule has 0 aliphatic rings. The molecule has 0 rings (SSSR count). The van der Waals surface area contributed by atoms with Gasteiger partial charge in [-0.15, -0.1) is 0 Å². The van der Waals surface area contributed by atoms with Crippen molar-refractivity contribution in [2.75, 3.05) is 151 Å². The van der Waals surface area contributed by atoms with E-state index in [0.29, 0.717) is 39.5 Å². The van der Waals surface area contributed by atoms with E-state index >= 15 is 0 Å². The third-order valence-electron chi connectivity index (χ3n) is 9.03. The summed E-state index contributed by atoms with van der Waals surface area (Å²) < 4.78 is 80.6. The SMILES string of the molecule is CCO[Si](CCCN)(OCC)OCC.CO[Si](CCCN)(OC)OC.CO[Si](CCCNCCC[Si](OC)(OC)OC)(OC)OC.CO[Si](CCCNCCN)(OC)OC. The molecular formula is C35H93N5O15Si5. The lowest BCUT2D eigenvalue weighted by molar-refractivity contribution is 0.0709. The van der Waals surface area contributed by atoms with Crippen molar-refractivity contribution in [2.45, 2.75) is 83.1 Å². The van der Waals surface area contributed by atoms with Crippen LogP contribution in [-0.2, 0) is 66.4 Å². The summed E-state index contributed by atoms with van der Waals surface area (Å²) in [5.41, 5.74) is 16.2. The fraction of sp³-hybridized carbons (Fsp3) is 1.00. The zero-order valence-electron chi connectivity index (χ0n) is 40.5. The van der Waals surface area contributed by atoms with Crippen LogP contribution in [-0.4, -0.2) is 195 Å². The third kappa shape index (κ3) is 31.2. The van der Waals surface area contributed by atoms with Gasteiger partial charge in [0.1, 0.15) is 0 Å². The lowest BCUT2D eigenvalue weighted by atomic mass is 10.4. The van der Waals surface area contributed by atoms with E-state index in [-0.39, 0.29) is 0 Å². The largest absolute Gasteiger partial charge is 0.500 e. The first-order valence-corrected chi connectivity index (χ1v) is 30.5. The molecule has 8 N–H and O–H groups in total. The van der Waals surface area contributed by atoms with Crippen LogP contribution in [0.4, 0.5) is 0 Å². The van der Waals surface area contributed by atoms with E-state index in [4.69, 9.17) is 83.6 Å². The van der Waals surface area contributed by atoms with E-state index in [1.54, 1.807) is 85.3 Å². The van der Waals surface area contributed by atoms with Gasteiger partial charge in [0.05, 0.1) is 0 Å². The summed E-state index contributed by atoms with van der Waals surface area (Å²) in [4.78, 5) is 0. The fourth-order valence-corrected chi connectivity index (χ4v) is 15.1. The van der Waals surface area contributed by atoms with Gasteiger partial charge in [-0.2, -0.15) is 0 Å². The second kappa shape index (κ2) is 44.5. The molecule has 0 heterocycles. The second-order valence-corrected chi connectivity index (χ2v) is 27.6. The number of rotatable bonds is 38. The highest BCUT2D eigenvalue weighted by atomic mass is 28.4. The van der Waals surface area contributed by atoms with Crippen LogP contribution in [0.1, 0.15) is 52.9 Å². The fourth-order valence-electron chi connectivity index (χ4n) is 5.50. The van der Waals surface area contributed by atoms with Crippen molar-refractivity contribution >= 4 is 44.0 Å². The molecule has 60 heavy (non-hydrogen) atoms. The highest BCUT2D eigenvalue weighted by Gasteiger charge is 2.40. The predicted octanol–water partition coefficient (Wildman–Crippen LogP) is 2.51. The molecule has 0 aromatic carbocycles. The van der Waals surface area contributed by atoms with Gasteiger partial charge in [0.25, 0.3) is 0 Å². The van der Waals surface area contributed by atoms with E-state index < -0.39 is 44.0 Å².